The molecule has 1 saturated heterocycles. The summed E-state index contributed by atoms with van der Waals surface area (Å²) < 4.78 is 5.78. The lowest BCUT2D eigenvalue weighted by Crippen LogP contribution is -2.35. The average molecular weight is 444 g/mol. The van der Waals surface area contributed by atoms with Gasteiger partial charge in [-0.1, -0.05) is 30.3 Å². The molecule has 0 bridgehead atoms. The van der Waals surface area contributed by atoms with E-state index in [0.29, 0.717) is 24.8 Å². The van der Waals surface area contributed by atoms with Gasteiger partial charge < -0.3 is 20.3 Å². The van der Waals surface area contributed by atoms with Crippen LogP contribution in [0.25, 0.3) is 0 Å². The van der Waals surface area contributed by atoms with Crippen molar-refractivity contribution in [2.45, 2.75) is 26.0 Å². The van der Waals surface area contributed by atoms with E-state index < -0.39 is 0 Å². The van der Waals surface area contributed by atoms with E-state index in [2.05, 4.69) is 15.5 Å². The van der Waals surface area contributed by atoms with Crippen LogP contribution in [0.3, 0.4) is 0 Å². The predicted octanol–water partition coefficient (Wildman–Crippen LogP) is 4.28. The van der Waals surface area contributed by atoms with Crippen LogP contribution >= 0.6 is 0 Å². The molecular formula is C27H29N3O3. The zero-order valence-corrected chi connectivity index (χ0v) is 18.8. The van der Waals surface area contributed by atoms with E-state index in [1.54, 1.807) is 19.1 Å². The molecule has 1 fully saturated rings. The van der Waals surface area contributed by atoms with Gasteiger partial charge in [0, 0.05) is 36.1 Å². The molecule has 1 aliphatic heterocycles. The van der Waals surface area contributed by atoms with Crippen LogP contribution in [0.1, 0.15) is 29.3 Å². The number of benzene rings is 3. The van der Waals surface area contributed by atoms with Crippen LogP contribution < -0.4 is 20.3 Å². The second-order valence-electron chi connectivity index (χ2n) is 8.31. The second kappa shape index (κ2) is 10.8. The molecule has 3 aromatic rings. The van der Waals surface area contributed by atoms with E-state index in [9.17, 15) is 9.59 Å². The molecule has 1 heterocycles. The lowest BCUT2D eigenvalue weighted by Gasteiger charge is -2.19. The standard InChI is InChI=1S/C27H29N3O3/c1-20(31)17-28-24-15-16-30(18-24)25-11-9-23(10-12-25)29-27(32)22-7-13-26(14-8-22)33-19-21-5-3-2-4-6-21/h2-14,24,28H,15-19H2,1H3,(H,29,32). The highest BCUT2D eigenvalue weighted by molar-refractivity contribution is 6.04. The van der Waals surface area contributed by atoms with Gasteiger partial charge in [0.05, 0.1) is 6.54 Å². The molecule has 6 heteroatoms. The topological polar surface area (TPSA) is 70.7 Å². The van der Waals surface area contributed by atoms with Gasteiger partial charge in [-0.2, -0.15) is 0 Å². The van der Waals surface area contributed by atoms with Gasteiger partial charge in [-0.25, -0.2) is 0 Å². The molecule has 0 radical (unpaired) electrons. The van der Waals surface area contributed by atoms with Gasteiger partial charge in [0.2, 0.25) is 0 Å². The number of Topliss-reactive ketones (excluding diaryl/α,β-unsaturated/α-hetero) is 1. The molecule has 3 aromatic carbocycles. The third-order valence-electron chi connectivity index (χ3n) is 5.68. The summed E-state index contributed by atoms with van der Waals surface area (Å²) in [4.78, 5) is 26.1. The Balaban J connectivity index is 1.27. The molecule has 33 heavy (non-hydrogen) atoms. The van der Waals surface area contributed by atoms with Crippen LogP contribution in [-0.4, -0.2) is 37.4 Å². The third-order valence-corrected chi connectivity index (χ3v) is 5.68. The Hall–Kier alpha value is -3.64. The first-order chi connectivity index (χ1) is 16.1. The number of amides is 1. The summed E-state index contributed by atoms with van der Waals surface area (Å²) in [5.41, 5.74) is 3.53. The highest BCUT2D eigenvalue weighted by Gasteiger charge is 2.22. The van der Waals surface area contributed by atoms with Crippen LogP contribution in [0.5, 0.6) is 5.75 Å². The van der Waals surface area contributed by atoms with E-state index in [-0.39, 0.29) is 11.7 Å². The molecule has 1 unspecified atom stereocenters. The number of nitrogens with zero attached hydrogens (tertiary/aromatic N) is 1. The molecule has 6 nitrogen and oxygen atoms in total. The fourth-order valence-electron chi connectivity index (χ4n) is 3.85. The predicted molar refractivity (Wildman–Crippen MR) is 131 cm³/mol. The number of hydrogen-bond acceptors (Lipinski definition) is 5. The second-order valence-corrected chi connectivity index (χ2v) is 8.31. The summed E-state index contributed by atoms with van der Waals surface area (Å²) in [7, 11) is 0. The van der Waals surface area contributed by atoms with E-state index in [0.717, 1.165) is 42.2 Å². The number of ketones is 1. The van der Waals surface area contributed by atoms with Crippen molar-refractivity contribution in [2.24, 2.45) is 0 Å². The van der Waals surface area contributed by atoms with E-state index in [1.807, 2.05) is 66.7 Å². The number of anilines is 2. The highest BCUT2D eigenvalue weighted by atomic mass is 16.5. The first-order valence-electron chi connectivity index (χ1n) is 11.2. The molecule has 1 aliphatic rings. The van der Waals surface area contributed by atoms with Crippen molar-refractivity contribution in [1.82, 2.24) is 5.32 Å². The fraction of sp³-hybridized carbons (Fsp3) is 0.259. The maximum atomic E-state index is 12.6. The van der Waals surface area contributed by atoms with Gasteiger partial charge in [-0.05, 0) is 67.4 Å². The summed E-state index contributed by atoms with van der Waals surface area (Å²) in [6.45, 7) is 4.32. The Morgan fingerprint density at radius 1 is 0.970 bits per heavy atom. The number of ether oxygens (including phenoxy) is 1. The number of nitrogens with one attached hydrogen (secondary N) is 2. The Morgan fingerprint density at radius 2 is 1.70 bits per heavy atom. The van der Waals surface area contributed by atoms with Gasteiger partial charge in [0.15, 0.2) is 0 Å². The van der Waals surface area contributed by atoms with Gasteiger partial charge in [0.25, 0.3) is 5.91 Å². The van der Waals surface area contributed by atoms with Crippen LogP contribution in [0, 0.1) is 0 Å². The highest BCUT2D eigenvalue weighted by Crippen LogP contribution is 2.23. The lowest BCUT2D eigenvalue weighted by atomic mass is 10.2. The maximum Gasteiger partial charge on any atom is 0.255 e. The molecule has 1 amide bonds. The minimum atomic E-state index is -0.160. The zero-order valence-electron chi connectivity index (χ0n) is 18.8. The molecule has 1 atom stereocenters. The minimum absolute atomic E-state index is 0.155. The van der Waals surface area contributed by atoms with Crippen LogP contribution in [0.15, 0.2) is 78.9 Å². The summed E-state index contributed by atoms with van der Waals surface area (Å²) >= 11 is 0. The van der Waals surface area contributed by atoms with Crippen molar-refractivity contribution in [2.75, 3.05) is 29.9 Å². The van der Waals surface area contributed by atoms with Crippen molar-refractivity contribution in [3.8, 4) is 5.75 Å². The quantitative estimate of drug-likeness (QED) is 0.517. The number of hydrogen-bond donors (Lipinski definition) is 2. The Labute approximate surface area is 194 Å². The normalized spacial score (nSPS) is 15.3. The first kappa shape index (κ1) is 22.6. The fourth-order valence-corrected chi connectivity index (χ4v) is 3.85. The van der Waals surface area contributed by atoms with Crippen LogP contribution in [-0.2, 0) is 11.4 Å². The molecule has 4 rings (SSSR count). The van der Waals surface area contributed by atoms with Gasteiger partial charge in [0.1, 0.15) is 18.1 Å². The van der Waals surface area contributed by atoms with Crippen molar-refractivity contribution < 1.29 is 14.3 Å². The SMILES string of the molecule is CC(=O)CNC1CCN(c2ccc(NC(=O)c3ccc(OCc4ccccc4)cc3)cc2)C1. The van der Waals surface area contributed by atoms with Gasteiger partial charge in [-0.3, -0.25) is 9.59 Å². The van der Waals surface area contributed by atoms with E-state index >= 15 is 0 Å². The first-order valence-corrected chi connectivity index (χ1v) is 11.2. The van der Waals surface area contributed by atoms with Crippen molar-refractivity contribution in [3.05, 3.63) is 90.0 Å². The smallest absolute Gasteiger partial charge is 0.255 e. The van der Waals surface area contributed by atoms with Crippen LogP contribution in [0.4, 0.5) is 11.4 Å². The summed E-state index contributed by atoms with van der Waals surface area (Å²) in [6, 6.07) is 25.3. The average Bonchev–Trinajstić information content (AvgIpc) is 3.32. The van der Waals surface area contributed by atoms with Crippen molar-refractivity contribution in [1.29, 1.82) is 0 Å². The molecule has 0 aromatic heterocycles. The Bertz CT molecular complexity index is 1070. The summed E-state index contributed by atoms with van der Waals surface area (Å²) in [6.07, 6.45) is 1.01. The Kier molecular flexibility index (Phi) is 7.37. The number of rotatable bonds is 9. The zero-order chi connectivity index (χ0) is 23.0. The van der Waals surface area contributed by atoms with Gasteiger partial charge >= 0.3 is 0 Å². The molecule has 2 N–H and O–H groups in total. The Morgan fingerprint density at radius 3 is 2.39 bits per heavy atom. The largest absolute Gasteiger partial charge is 0.489 e. The molecular weight excluding hydrogens is 414 g/mol. The number of carbonyl (C=O) groups is 2. The van der Waals surface area contributed by atoms with Crippen molar-refractivity contribution in [3.63, 3.8) is 0 Å². The van der Waals surface area contributed by atoms with Gasteiger partial charge in [-0.15, -0.1) is 0 Å². The van der Waals surface area contributed by atoms with E-state index in [4.69, 9.17) is 4.74 Å². The summed E-state index contributed by atoms with van der Waals surface area (Å²) in [5.74, 6) is 0.719. The van der Waals surface area contributed by atoms with Crippen molar-refractivity contribution >= 4 is 23.1 Å². The number of carbonyl (C=O) groups excluding carboxylic acids is 2. The maximum absolute atomic E-state index is 12.6. The molecule has 170 valence electrons. The molecule has 0 saturated carbocycles. The van der Waals surface area contributed by atoms with E-state index in [1.165, 1.54) is 0 Å². The summed E-state index contributed by atoms with van der Waals surface area (Å²) in [5, 5.41) is 6.25. The lowest BCUT2D eigenvalue weighted by molar-refractivity contribution is -0.116. The molecule has 0 spiro atoms. The monoisotopic (exact) mass is 443 g/mol. The third kappa shape index (κ3) is 6.43. The minimum Gasteiger partial charge on any atom is -0.489 e. The molecule has 0 aliphatic carbocycles. The van der Waals surface area contributed by atoms with Crippen LogP contribution in [0.2, 0.25) is 0 Å².